The Bertz CT molecular complexity index is 1100. The van der Waals surface area contributed by atoms with Crippen molar-refractivity contribution in [1.29, 1.82) is 0 Å². The molecule has 9 heteroatoms. The van der Waals surface area contributed by atoms with Gasteiger partial charge in [0.25, 0.3) is 5.91 Å². The van der Waals surface area contributed by atoms with Gasteiger partial charge in [-0.05, 0) is 80.6 Å². The van der Waals surface area contributed by atoms with E-state index < -0.39 is 21.7 Å². The average molecular weight is 499 g/mol. The van der Waals surface area contributed by atoms with Crippen molar-refractivity contribution >= 4 is 38.9 Å². The van der Waals surface area contributed by atoms with E-state index in [1.54, 1.807) is 36.4 Å². The fourth-order valence-electron chi connectivity index (χ4n) is 4.63. The average Bonchev–Trinajstić information content (AvgIpc) is 3.14. The summed E-state index contributed by atoms with van der Waals surface area (Å²) in [5.41, 5.74) is 2.51. The summed E-state index contributed by atoms with van der Waals surface area (Å²) < 4.78 is 27.5. The highest BCUT2D eigenvalue weighted by Crippen LogP contribution is 2.22. The second-order valence-electron chi connectivity index (χ2n) is 9.29. The molecule has 0 unspecified atom stereocenters. The number of hydrogen-bond donors (Lipinski definition) is 2. The molecule has 8 nitrogen and oxygen atoms in total. The quantitative estimate of drug-likeness (QED) is 0.600. The van der Waals surface area contributed by atoms with Crippen molar-refractivity contribution in [2.45, 2.75) is 44.9 Å². The molecule has 2 aliphatic heterocycles. The maximum absolute atomic E-state index is 12.7. The molecule has 0 aromatic heterocycles. The van der Waals surface area contributed by atoms with Gasteiger partial charge in [0.15, 0.2) is 0 Å². The van der Waals surface area contributed by atoms with Crippen molar-refractivity contribution in [2.75, 3.05) is 46.9 Å². The molecule has 2 aliphatic rings. The summed E-state index contributed by atoms with van der Waals surface area (Å²) in [5, 5.41) is 2.60. The van der Waals surface area contributed by atoms with Crippen LogP contribution in [0.5, 0.6) is 0 Å². The lowest BCUT2D eigenvalue weighted by atomic mass is 10.1. The van der Waals surface area contributed by atoms with E-state index in [0.717, 1.165) is 57.5 Å². The van der Waals surface area contributed by atoms with Gasteiger partial charge in [-0.2, -0.15) is 0 Å². The first kappa shape index (κ1) is 25.0. The minimum atomic E-state index is -3.87. The van der Waals surface area contributed by atoms with Gasteiger partial charge in [0.05, 0.1) is 0 Å². The van der Waals surface area contributed by atoms with Gasteiger partial charge in [0.2, 0.25) is 15.9 Å². The van der Waals surface area contributed by atoms with Crippen molar-refractivity contribution in [2.24, 2.45) is 0 Å². The van der Waals surface area contributed by atoms with Gasteiger partial charge in [0, 0.05) is 48.8 Å². The molecular weight excluding hydrogens is 464 g/mol. The van der Waals surface area contributed by atoms with Crippen molar-refractivity contribution < 1.29 is 18.0 Å². The van der Waals surface area contributed by atoms with E-state index in [1.807, 2.05) is 17.0 Å². The van der Waals surface area contributed by atoms with E-state index in [-0.39, 0.29) is 5.91 Å². The molecule has 35 heavy (non-hydrogen) atoms. The molecule has 0 bridgehead atoms. The van der Waals surface area contributed by atoms with Crippen LogP contribution in [0.2, 0.25) is 0 Å². The van der Waals surface area contributed by atoms with E-state index in [9.17, 15) is 18.0 Å². The van der Waals surface area contributed by atoms with Crippen molar-refractivity contribution in [3.8, 4) is 0 Å². The molecule has 0 radical (unpaired) electrons. The monoisotopic (exact) mass is 498 g/mol. The molecule has 2 aromatic carbocycles. The van der Waals surface area contributed by atoms with Crippen LogP contribution in [0.3, 0.4) is 0 Å². The van der Waals surface area contributed by atoms with E-state index in [0.29, 0.717) is 16.9 Å². The summed E-state index contributed by atoms with van der Waals surface area (Å²) >= 11 is 0. The van der Waals surface area contributed by atoms with Crippen LogP contribution in [0, 0.1) is 0 Å². The van der Waals surface area contributed by atoms with Crippen LogP contribution in [0.4, 0.5) is 17.1 Å². The lowest BCUT2D eigenvalue weighted by molar-refractivity contribution is -0.113. The van der Waals surface area contributed by atoms with Crippen LogP contribution in [-0.2, 0) is 14.8 Å². The zero-order chi connectivity index (χ0) is 24.7. The van der Waals surface area contributed by atoms with E-state index in [1.165, 1.54) is 19.3 Å². The van der Waals surface area contributed by atoms with Crippen LogP contribution in [-0.4, -0.2) is 57.1 Å². The normalized spacial score (nSPS) is 16.9. The zero-order valence-corrected chi connectivity index (χ0v) is 20.9. The Balaban J connectivity index is 1.29. The second-order valence-corrected chi connectivity index (χ2v) is 11.0. The summed E-state index contributed by atoms with van der Waals surface area (Å²) in [6, 6.07) is 13.8. The maximum atomic E-state index is 12.7. The molecular formula is C26H34N4O4S. The van der Waals surface area contributed by atoms with Crippen LogP contribution < -0.4 is 14.9 Å². The third kappa shape index (κ3) is 7.21. The van der Waals surface area contributed by atoms with Crippen molar-refractivity contribution in [3.05, 3.63) is 54.1 Å². The largest absolute Gasteiger partial charge is 0.372 e. The minimum absolute atomic E-state index is 0.0112. The lowest BCUT2D eigenvalue weighted by Gasteiger charge is -2.28. The van der Waals surface area contributed by atoms with Crippen LogP contribution in [0.1, 0.15) is 55.3 Å². The van der Waals surface area contributed by atoms with Crippen LogP contribution in [0.25, 0.3) is 0 Å². The second kappa shape index (κ2) is 11.6. The molecule has 188 valence electrons. The van der Waals surface area contributed by atoms with E-state index in [2.05, 4.69) is 14.9 Å². The first-order chi connectivity index (χ1) is 16.9. The first-order valence-corrected chi connectivity index (χ1v) is 14.1. The van der Waals surface area contributed by atoms with Gasteiger partial charge in [-0.1, -0.05) is 12.8 Å². The standard InChI is InChI=1S/C26H34N4O4S/c31-25(27-22-10-8-21(9-11-22)26(32)30-18-4-1-2-5-19-30)20-35(33,34)28-23-12-14-24(15-13-23)29-16-6-3-7-17-29/h8-15,28H,1-7,16-20H2,(H,27,31). The summed E-state index contributed by atoms with van der Waals surface area (Å²) in [4.78, 5) is 29.2. The highest BCUT2D eigenvalue weighted by atomic mass is 32.2. The molecule has 0 aliphatic carbocycles. The molecule has 0 spiro atoms. The number of piperidine rings is 1. The zero-order valence-electron chi connectivity index (χ0n) is 20.0. The SMILES string of the molecule is O=C(CS(=O)(=O)Nc1ccc(N2CCCCC2)cc1)Nc1ccc(C(=O)N2CCCCCC2)cc1. The number of rotatable bonds is 7. The fourth-order valence-corrected chi connectivity index (χ4v) is 5.61. The number of likely N-dealkylation sites (tertiary alicyclic amines) is 1. The van der Waals surface area contributed by atoms with E-state index >= 15 is 0 Å². The smallest absolute Gasteiger partial charge is 0.253 e. The topological polar surface area (TPSA) is 98.8 Å². The van der Waals surface area contributed by atoms with Crippen LogP contribution in [0.15, 0.2) is 48.5 Å². The van der Waals surface area contributed by atoms with Crippen molar-refractivity contribution in [1.82, 2.24) is 4.90 Å². The van der Waals surface area contributed by atoms with Gasteiger partial charge in [-0.25, -0.2) is 8.42 Å². The number of carbonyl (C=O) groups excluding carboxylic acids is 2. The van der Waals surface area contributed by atoms with E-state index in [4.69, 9.17) is 0 Å². The molecule has 2 heterocycles. The third-order valence-corrected chi connectivity index (χ3v) is 7.68. The summed E-state index contributed by atoms with van der Waals surface area (Å²) in [5.74, 6) is -1.35. The number of amides is 2. The first-order valence-electron chi connectivity index (χ1n) is 12.4. The highest BCUT2D eigenvalue weighted by molar-refractivity contribution is 7.93. The number of sulfonamides is 1. The number of benzene rings is 2. The Hall–Kier alpha value is -3.07. The van der Waals surface area contributed by atoms with Gasteiger partial charge >= 0.3 is 0 Å². The number of anilines is 3. The minimum Gasteiger partial charge on any atom is -0.372 e. The Morgan fingerprint density at radius 2 is 1.26 bits per heavy atom. The summed E-state index contributed by atoms with van der Waals surface area (Å²) in [6.07, 6.45) is 7.92. The summed E-state index contributed by atoms with van der Waals surface area (Å²) in [6.45, 7) is 3.56. The lowest BCUT2D eigenvalue weighted by Crippen LogP contribution is -2.31. The highest BCUT2D eigenvalue weighted by Gasteiger charge is 2.19. The number of hydrogen-bond acceptors (Lipinski definition) is 5. The molecule has 2 amide bonds. The van der Waals surface area contributed by atoms with Gasteiger partial charge in [-0.3, -0.25) is 14.3 Å². The number of nitrogens with one attached hydrogen (secondary N) is 2. The molecule has 0 saturated carbocycles. The number of carbonyl (C=O) groups is 2. The van der Waals surface area contributed by atoms with Gasteiger partial charge in [-0.15, -0.1) is 0 Å². The predicted molar refractivity (Wildman–Crippen MR) is 139 cm³/mol. The fraction of sp³-hybridized carbons (Fsp3) is 0.462. The Kier molecular flexibility index (Phi) is 8.28. The number of nitrogens with zero attached hydrogens (tertiary/aromatic N) is 2. The van der Waals surface area contributed by atoms with Crippen LogP contribution >= 0.6 is 0 Å². The molecule has 4 rings (SSSR count). The molecule has 2 saturated heterocycles. The Morgan fingerprint density at radius 1 is 0.714 bits per heavy atom. The maximum Gasteiger partial charge on any atom is 0.253 e. The van der Waals surface area contributed by atoms with Gasteiger partial charge < -0.3 is 15.1 Å². The molecule has 0 atom stereocenters. The third-order valence-electron chi connectivity index (χ3n) is 6.49. The molecule has 2 aromatic rings. The molecule has 2 N–H and O–H groups in total. The Labute approximate surface area is 207 Å². The molecule has 2 fully saturated rings. The Morgan fingerprint density at radius 3 is 1.89 bits per heavy atom. The van der Waals surface area contributed by atoms with Crippen molar-refractivity contribution in [3.63, 3.8) is 0 Å². The van der Waals surface area contributed by atoms with Gasteiger partial charge in [0.1, 0.15) is 5.75 Å². The predicted octanol–water partition coefficient (Wildman–Crippen LogP) is 4.07. The summed E-state index contributed by atoms with van der Waals surface area (Å²) in [7, 11) is -3.87.